The molecular formula is C15H28N2O3. The Morgan fingerprint density at radius 3 is 2.35 bits per heavy atom. The van der Waals surface area contributed by atoms with Crippen LogP contribution in [0.15, 0.2) is 0 Å². The number of aliphatic carboxylic acids is 1. The molecule has 1 saturated carbocycles. The summed E-state index contributed by atoms with van der Waals surface area (Å²) in [5.41, 5.74) is 0. The van der Waals surface area contributed by atoms with Gasteiger partial charge in [-0.1, -0.05) is 33.6 Å². The van der Waals surface area contributed by atoms with E-state index in [1.54, 1.807) is 6.92 Å². The van der Waals surface area contributed by atoms with Gasteiger partial charge in [0.2, 0.25) is 5.91 Å². The van der Waals surface area contributed by atoms with Crippen LogP contribution in [0.4, 0.5) is 0 Å². The second-order valence-electron chi connectivity index (χ2n) is 6.30. The van der Waals surface area contributed by atoms with Crippen LogP contribution in [0, 0.1) is 11.8 Å². The van der Waals surface area contributed by atoms with Gasteiger partial charge in [0, 0.05) is 19.1 Å². The van der Waals surface area contributed by atoms with Crippen LogP contribution >= 0.6 is 0 Å². The molecule has 0 radical (unpaired) electrons. The Hall–Kier alpha value is -1.10. The lowest BCUT2D eigenvalue weighted by Gasteiger charge is -2.29. The topological polar surface area (TPSA) is 69.6 Å². The van der Waals surface area contributed by atoms with E-state index in [2.05, 4.69) is 24.1 Å². The second kappa shape index (κ2) is 8.25. The number of carbonyl (C=O) groups excluding carboxylic acids is 1. The minimum Gasteiger partial charge on any atom is -0.481 e. The largest absolute Gasteiger partial charge is 0.481 e. The molecule has 0 bridgehead atoms. The number of nitrogens with one attached hydrogen (secondary N) is 1. The highest BCUT2D eigenvalue weighted by Crippen LogP contribution is 2.24. The van der Waals surface area contributed by atoms with Gasteiger partial charge in [0.25, 0.3) is 0 Å². The van der Waals surface area contributed by atoms with Crippen molar-refractivity contribution in [1.82, 2.24) is 10.2 Å². The van der Waals surface area contributed by atoms with E-state index in [1.165, 1.54) is 12.8 Å². The summed E-state index contributed by atoms with van der Waals surface area (Å²) in [5, 5.41) is 12.0. The number of carboxylic acids is 1. The van der Waals surface area contributed by atoms with Crippen molar-refractivity contribution in [3.05, 3.63) is 0 Å². The molecule has 0 aromatic carbocycles. The molecule has 0 aliphatic heterocycles. The summed E-state index contributed by atoms with van der Waals surface area (Å²) in [4.78, 5) is 25.0. The number of hydrogen-bond donors (Lipinski definition) is 2. The van der Waals surface area contributed by atoms with Crippen LogP contribution in [0.1, 0.15) is 46.5 Å². The first-order chi connectivity index (χ1) is 9.40. The van der Waals surface area contributed by atoms with Crippen molar-refractivity contribution in [2.45, 2.75) is 52.5 Å². The highest BCUT2D eigenvalue weighted by atomic mass is 16.4. The number of amides is 1. The van der Waals surface area contributed by atoms with Crippen LogP contribution in [0.5, 0.6) is 0 Å². The van der Waals surface area contributed by atoms with Crippen LogP contribution in [-0.2, 0) is 9.59 Å². The molecule has 5 nitrogen and oxygen atoms in total. The number of nitrogens with zero attached hydrogens (tertiary/aromatic N) is 1. The Morgan fingerprint density at radius 1 is 1.25 bits per heavy atom. The van der Waals surface area contributed by atoms with E-state index in [0.29, 0.717) is 31.6 Å². The fourth-order valence-electron chi connectivity index (χ4n) is 2.60. The molecule has 2 N–H and O–H groups in total. The molecule has 116 valence electrons. The van der Waals surface area contributed by atoms with E-state index in [1.807, 2.05) is 0 Å². The van der Waals surface area contributed by atoms with Crippen LogP contribution in [0.2, 0.25) is 0 Å². The van der Waals surface area contributed by atoms with E-state index < -0.39 is 11.9 Å². The normalized spacial score (nSPS) is 17.6. The van der Waals surface area contributed by atoms with E-state index in [0.717, 1.165) is 12.8 Å². The van der Waals surface area contributed by atoms with Gasteiger partial charge >= 0.3 is 5.97 Å². The van der Waals surface area contributed by atoms with Crippen LogP contribution in [0.3, 0.4) is 0 Å². The van der Waals surface area contributed by atoms with Crippen molar-refractivity contribution in [3.63, 3.8) is 0 Å². The number of rotatable bonds is 8. The van der Waals surface area contributed by atoms with Crippen molar-refractivity contribution in [2.75, 3.05) is 19.6 Å². The van der Waals surface area contributed by atoms with Gasteiger partial charge in [-0.25, -0.2) is 0 Å². The molecule has 0 spiro atoms. The monoisotopic (exact) mass is 284 g/mol. The summed E-state index contributed by atoms with van der Waals surface area (Å²) in [6.45, 7) is 7.26. The minimum atomic E-state index is -0.796. The van der Waals surface area contributed by atoms with Gasteiger partial charge < -0.3 is 10.4 Å². The third kappa shape index (κ3) is 5.90. The van der Waals surface area contributed by atoms with Crippen molar-refractivity contribution in [1.29, 1.82) is 0 Å². The minimum absolute atomic E-state index is 0.00295. The zero-order chi connectivity index (χ0) is 15.1. The molecule has 1 atom stereocenters. The zero-order valence-corrected chi connectivity index (χ0v) is 12.9. The highest BCUT2D eigenvalue weighted by molar-refractivity contribution is 5.78. The Kier molecular flexibility index (Phi) is 6.99. The maximum absolute atomic E-state index is 12.0. The lowest BCUT2D eigenvalue weighted by Crippen LogP contribution is -2.45. The first-order valence-corrected chi connectivity index (χ1v) is 7.63. The molecule has 0 heterocycles. The van der Waals surface area contributed by atoms with Gasteiger partial charge in [0.05, 0.1) is 12.5 Å². The van der Waals surface area contributed by atoms with Gasteiger partial charge in [-0.3, -0.25) is 14.5 Å². The third-order valence-corrected chi connectivity index (χ3v) is 3.83. The van der Waals surface area contributed by atoms with E-state index in [9.17, 15) is 9.59 Å². The van der Waals surface area contributed by atoms with Gasteiger partial charge in [0.15, 0.2) is 0 Å². The molecule has 1 aliphatic carbocycles. The van der Waals surface area contributed by atoms with Crippen molar-refractivity contribution >= 4 is 11.9 Å². The summed E-state index contributed by atoms with van der Waals surface area (Å²) >= 11 is 0. The number of carboxylic acid groups (broad SMARTS) is 1. The molecule has 1 amide bonds. The SMILES string of the molecule is CC(C)CNC(=O)CN(CC(C)C(=O)O)C1CCCC1. The molecule has 1 rings (SSSR count). The fourth-order valence-corrected chi connectivity index (χ4v) is 2.60. The van der Waals surface area contributed by atoms with Crippen LogP contribution in [0.25, 0.3) is 0 Å². The molecule has 0 aromatic rings. The summed E-state index contributed by atoms with van der Waals surface area (Å²) in [6.07, 6.45) is 4.50. The first kappa shape index (κ1) is 17.0. The van der Waals surface area contributed by atoms with Crippen LogP contribution < -0.4 is 5.32 Å². The van der Waals surface area contributed by atoms with E-state index in [4.69, 9.17) is 5.11 Å². The predicted molar refractivity (Wildman–Crippen MR) is 78.5 cm³/mol. The van der Waals surface area contributed by atoms with Gasteiger partial charge in [-0.05, 0) is 18.8 Å². The smallest absolute Gasteiger partial charge is 0.307 e. The molecule has 5 heteroatoms. The molecule has 0 saturated heterocycles. The fraction of sp³-hybridized carbons (Fsp3) is 0.867. The molecule has 1 aliphatic rings. The summed E-state index contributed by atoms with van der Waals surface area (Å²) in [5.74, 6) is -0.802. The number of carbonyl (C=O) groups is 2. The van der Waals surface area contributed by atoms with Crippen molar-refractivity contribution in [3.8, 4) is 0 Å². The molecule has 20 heavy (non-hydrogen) atoms. The standard InChI is InChI=1S/C15H28N2O3/c1-11(2)8-16-14(18)10-17(9-12(3)15(19)20)13-6-4-5-7-13/h11-13H,4-10H2,1-3H3,(H,16,18)(H,19,20). The Labute approximate surface area is 121 Å². The Bertz CT molecular complexity index is 325. The maximum Gasteiger partial charge on any atom is 0.307 e. The van der Waals surface area contributed by atoms with Gasteiger partial charge in [-0.2, -0.15) is 0 Å². The van der Waals surface area contributed by atoms with E-state index in [-0.39, 0.29) is 5.91 Å². The predicted octanol–water partition coefficient (Wildman–Crippen LogP) is 1.72. The molecule has 1 unspecified atom stereocenters. The maximum atomic E-state index is 12.0. The van der Waals surface area contributed by atoms with Crippen molar-refractivity contribution in [2.24, 2.45) is 11.8 Å². The number of hydrogen-bond acceptors (Lipinski definition) is 3. The average molecular weight is 284 g/mol. The third-order valence-electron chi connectivity index (χ3n) is 3.83. The highest BCUT2D eigenvalue weighted by Gasteiger charge is 2.27. The quantitative estimate of drug-likeness (QED) is 0.712. The van der Waals surface area contributed by atoms with Gasteiger partial charge in [0.1, 0.15) is 0 Å². The second-order valence-corrected chi connectivity index (χ2v) is 6.30. The van der Waals surface area contributed by atoms with Gasteiger partial charge in [-0.15, -0.1) is 0 Å². The first-order valence-electron chi connectivity index (χ1n) is 7.63. The molecule has 0 aromatic heterocycles. The molecular weight excluding hydrogens is 256 g/mol. The van der Waals surface area contributed by atoms with Crippen molar-refractivity contribution < 1.29 is 14.7 Å². The Morgan fingerprint density at radius 2 is 1.85 bits per heavy atom. The lowest BCUT2D eigenvalue weighted by molar-refractivity contribution is -0.142. The average Bonchev–Trinajstić information content (AvgIpc) is 2.89. The molecule has 1 fully saturated rings. The van der Waals surface area contributed by atoms with E-state index >= 15 is 0 Å². The summed E-state index contributed by atoms with van der Waals surface area (Å²) < 4.78 is 0. The van der Waals surface area contributed by atoms with Crippen LogP contribution in [-0.4, -0.2) is 47.6 Å². The summed E-state index contributed by atoms with van der Waals surface area (Å²) in [7, 11) is 0. The Balaban J connectivity index is 2.53. The lowest BCUT2D eigenvalue weighted by atomic mass is 10.1. The summed E-state index contributed by atoms with van der Waals surface area (Å²) in [6, 6.07) is 0.363. The zero-order valence-electron chi connectivity index (χ0n) is 12.9.